The van der Waals surface area contributed by atoms with Crippen molar-refractivity contribution in [2.24, 2.45) is 5.92 Å². The molecule has 0 fully saturated rings. The van der Waals surface area contributed by atoms with E-state index in [1.807, 2.05) is 25.1 Å². The zero-order valence-corrected chi connectivity index (χ0v) is 11.1. The van der Waals surface area contributed by atoms with Crippen LogP contribution in [0.5, 0.6) is 0 Å². The molecule has 17 heavy (non-hydrogen) atoms. The van der Waals surface area contributed by atoms with Gasteiger partial charge in [-0.05, 0) is 17.9 Å². The molecule has 0 aromatic heterocycles. The third-order valence-electron chi connectivity index (χ3n) is 3.12. The molecule has 0 bridgehead atoms. The number of hydrogen-bond acceptors (Lipinski definition) is 1. The Balaban J connectivity index is 2.38. The minimum atomic E-state index is 0.128. The lowest BCUT2D eigenvalue weighted by molar-refractivity contribution is -0.124. The third-order valence-corrected chi connectivity index (χ3v) is 3.12. The molecule has 1 amide bonds. The number of nitrogens with one attached hydrogen (secondary N) is 1. The topological polar surface area (TPSA) is 29.1 Å². The summed E-state index contributed by atoms with van der Waals surface area (Å²) in [4.78, 5) is 11.8. The molecule has 2 nitrogen and oxygen atoms in total. The second-order valence-corrected chi connectivity index (χ2v) is 4.75. The maximum Gasteiger partial charge on any atom is 0.222 e. The van der Waals surface area contributed by atoms with Gasteiger partial charge in [0.1, 0.15) is 0 Å². The summed E-state index contributed by atoms with van der Waals surface area (Å²) >= 11 is 0. The van der Waals surface area contributed by atoms with Crippen molar-refractivity contribution in [2.75, 3.05) is 6.54 Å². The van der Waals surface area contributed by atoms with Crippen LogP contribution in [0.2, 0.25) is 0 Å². The number of carbonyl (C=O) groups is 1. The van der Waals surface area contributed by atoms with E-state index in [2.05, 4.69) is 31.3 Å². The van der Waals surface area contributed by atoms with Gasteiger partial charge in [-0.25, -0.2) is 0 Å². The number of amides is 1. The summed E-state index contributed by atoms with van der Waals surface area (Å²) in [6.45, 7) is 6.96. The monoisotopic (exact) mass is 233 g/mol. The lowest BCUT2D eigenvalue weighted by Crippen LogP contribution is -2.32. The highest BCUT2D eigenvalue weighted by Crippen LogP contribution is 2.13. The van der Waals surface area contributed by atoms with E-state index in [-0.39, 0.29) is 11.8 Å². The summed E-state index contributed by atoms with van der Waals surface area (Å²) in [6.07, 6.45) is 2.02. The Morgan fingerprint density at radius 1 is 1.24 bits per heavy atom. The van der Waals surface area contributed by atoms with Crippen LogP contribution in [0.15, 0.2) is 30.3 Å². The van der Waals surface area contributed by atoms with E-state index in [0.717, 1.165) is 19.4 Å². The van der Waals surface area contributed by atoms with Gasteiger partial charge in [-0.2, -0.15) is 0 Å². The molecule has 0 spiro atoms. The van der Waals surface area contributed by atoms with E-state index in [1.54, 1.807) is 0 Å². The fourth-order valence-electron chi connectivity index (χ4n) is 1.89. The van der Waals surface area contributed by atoms with E-state index < -0.39 is 0 Å². The van der Waals surface area contributed by atoms with Crippen molar-refractivity contribution in [1.29, 1.82) is 0 Å². The van der Waals surface area contributed by atoms with Gasteiger partial charge in [-0.3, -0.25) is 4.79 Å². The number of carbonyl (C=O) groups excluding carboxylic acids is 1. The first-order valence-electron chi connectivity index (χ1n) is 6.47. The summed E-state index contributed by atoms with van der Waals surface area (Å²) in [5.74, 6) is 0.673. The van der Waals surface area contributed by atoms with Gasteiger partial charge in [0.2, 0.25) is 5.91 Å². The normalized spacial score (nSPS) is 14.1. The molecule has 1 rings (SSSR count). The smallest absolute Gasteiger partial charge is 0.222 e. The van der Waals surface area contributed by atoms with E-state index >= 15 is 0 Å². The Bertz CT molecular complexity index is 334. The number of hydrogen-bond donors (Lipinski definition) is 1. The van der Waals surface area contributed by atoms with Crippen LogP contribution in [0, 0.1) is 5.92 Å². The first kappa shape index (κ1) is 13.8. The summed E-state index contributed by atoms with van der Waals surface area (Å²) in [5, 5.41) is 3.03. The van der Waals surface area contributed by atoms with Gasteiger partial charge in [0.15, 0.2) is 0 Å². The lowest BCUT2D eigenvalue weighted by Gasteiger charge is -2.15. The van der Waals surface area contributed by atoms with Crippen LogP contribution in [-0.2, 0) is 4.79 Å². The molecule has 0 heterocycles. The highest BCUT2D eigenvalue weighted by atomic mass is 16.1. The Morgan fingerprint density at radius 2 is 1.88 bits per heavy atom. The third kappa shape index (κ3) is 4.59. The highest BCUT2D eigenvalue weighted by Gasteiger charge is 2.12. The second kappa shape index (κ2) is 7.10. The van der Waals surface area contributed by atoms with Crippen LogP contribution in [0.3, 0.4) is 0 Å². The molecule has 0 aliphatic rings. The van der Waals surface area contributed by atoms with E-state index in [4.69, 9.17) is 0 Å². The van der Waals surface area contributed by atoms with Gasteiger partial charge in [0.25, 0.3) is 0 Å². The molecular weight excluding hydrogens is 210 g/mol. The molecule has 0 aliphatic carbocycles. The van der Waals surface area contributed by atoms with Crippen LogP contribution in [0.4, 0.5) is 0 Å². The van der Waals surface area contributed by atoms with Gasteiger partial charge in [0.05, 0.1) is 0 Å². The Kier molecular flexibility index (Phi) is 5.75. The molecular formula is C15H23NO. The SMILES string of the molecule is CCCC(C)C(=O)NCC(C)c1ccccc1. The van der Waals surface area contributed by atoms with Crippen molar-refractivity contribution >= 4 is 5.91 Å². The summed E-state index contributed by atoms with van der Waals surface area (Å²) in [7, 11) is 0. The van der Waals surface area contributed by atoms with Gasteiger partial charge < -0.3 is 5.32 Å². The largest absolute Gasteiger partial charge is 0.355 e. The summed E-state index contributed by atoms with van der Waals surface area (Å²) in [5.41, 5.74) is 1.27. The van der Waals surface area contributed by atoms with Crippen LogP contribution < -0.4 is 5.32 Å². The Hall–Kier alpha value is -1.31. The van der Waals surface area contributed by atoms with E-state index in [1.165, 1.54) is 5.56 Å². The standard InChI is InChI=1S/C15H23NO/c1-4-8-12(2)15(17)16-11-13(3)14-9-6-5-7-10-14/h5-7,9-10,12-13H,4,8,11H2,1-3H3,(H,16,17). The Labute approximate surface area is 104 Å². The lowest BCUT2D eigenvalue weighted by atomic mass is 10.0. The quantitative estimate of drug-likeness (QED) is 0.802. The molecule has 2 atom stereocenters. The van der Waals surface area contributed by atoms with Gasteiger partial charge in [0, 0.05) is 12.5 Å². The average molecular weight is 233 g/mol. The van der Waals surface area contributed by atoms with Crippen LogP contribution in [-0.4, -0.2) is 12.5 Å². The van der Waals surface area contributed by atoms with Crippen LogP contribution in [0.1, 0.15) is 45.1 Å². The first-order chi connectivity index (χ1) is 8.15. The maximum absolute atomic E-state index is 11.8. The average Bonchev–Trinajstić information content (AvgIpc) is 2.36. The number of benzene rings is 1. The van der Waals surface area contributed by atoms with E-state index in [0.29, 0.717) is 5.92 Å². The van der Waals surface area contributed by atoms with Crippen molar-refractivity contribution in [3.63, 3.8) is 0 Å². The second-order valence-electron chi connectivity index (χ2n) is 4.75. The van der Waals surface area contributed by atoms with Crippen molar-refractivity contribution < 1.29 is 4.79 Å². The van der Waals surface area contributed by atoms with Crippen molar-refractivity contribution in [3.8, 4) is 0 Å². The van der Waals surface area contributed by atoms with Crippen molar-refractivity contribution in [1.82, 2.24) is 5.32 Å². The summed E-state index contributed by atoms with van der Waals surface area (Å²) < 4.78 is 0. The maximum atomic E-state index is 11.8. The van der Waals surface area contributed by atoms with Gasteiger partial charge in [-0.15, -0.1) is 0 Å². The fourth-order valence-corrected chi connectivity index (χ4v) is 1.89. The molecule has 0 aliphatic heterocycles. The van der Waals surface area contributed by atoms with Crippen molar-refractivity contribution in [3.05, 3.63) is 35.9 Å². The predicted octanol–water partition coefficient (Wildman–Crippen LogP) is 3.34. The molecule has 1 aromatic rings. The van der Waals surface area contributed by atoms with Gasteiger partial charge >= 0.3 is 0 Å². The molecule has 1 N–H and O–H groups in total. The van der Waals surface area contributed by atoms with Crippen LogP contribution >= 0.6 is 0 Å². The highest BCUT2D eigenvalue weighted by molar-refractivity contribution is 5.78. The molecule has 94 valence electrons. The zero-order chi connectivity index (χ0) is 12.7. The summed E-state index contributed by atoms with van der Waals surface area (Å²) in [6, 6.07) is 10.3. The molecule has 1 aromatic carbocycles. The molecule has 0 saturated heterocycles. The van der Waals surface area contributed by atoms with Gasteiger partial charge in [-0.1, -0.05) is 57.5 Å². The first-order valence-corrected chi connectivity index (χ1v) is 6.47. The zero-order valence-electron chi connectivity index (χ0n) is 11.1. The fraction of sp³-hybridized carbons (Fsp3) is 0.533. The predicted molar refractivity (Wildman–Crippen MR) is 71.9 cm³/mol. The van der Waals surface area contributed by atoms with Crippen LogP contribution in [0.25, 0.3) is 0 Å². The molecule has 0 radical (unpaired) electrons. The molecule has 2 unspecified atom stereocenters. The molecule has 0 saturated carbocycles. The number of rotatable bonds is 6. The van der Waals surface area contributed by atoms with Crippen molar-refractivity contribution in [2.45, 2.75) is 39.5 Å². The van der Waals surface area contributed by atoms with E-state index in [9.17, 15) is 4.79 Å². The molecule has 2 heteroatoms. The Morgan fingerprint density at radius 3 is 2.47 bits per heavy atom. The minimum absolute atomic E-state index is 0.128. The minimum Gasteiger partial charge on any atom is -0.355 e.